The standard InChI is InChI=1S/C22H28N4O2.HI/c23-22(25-20-9-12-28-21-4-2-1-3-19(20)21)24-15-17-5-7-18(8-6-17)16-26-10-13-27-14-11-26;/h1-8,20H,9-16H2,(H3,23,24,25);1H. The minimum atomic E-state index is 0. The van der Waals surface area contributed by atoms with Crippen molar-refractivity contribution in [2.75, 3.05) is 32.9 Å². The Bertz CT molecular complexity index is 807. The summed E-state index contributed by atoms with van der Waals surface area (Å²) in [5, 5.41) is 3.34. The summed E-state index contributed by atoms with van der Waals surface area (Å²) in [6.07, 6.45) is 0.878. The average Bonchev–Trinajstić information content (AvgIpc) is 2.74. The van der Waals surface area contributed by atoms with E-state index in [-0.39, 0.29) is 30.0 Å². The lowest BCUT2D eigenvalue weighted by atomic mass is 10.0. The molecule has 2 aromatic rings. The minimum Gasteiger partial charge on any atom is -0.493 e. The van der Waals surface area contributed by atoms with E-state index in [1.165, 1.54) is 5.56 Å². The molecule has 2 aliphatic heterocycles. The van der Waals surface area contributed by atoms with E-state index >= 15 is 0 Å². The molecule has 6 nitrogen and oxygen atoms in total. The van der Waals surface area contributed by atoms with E-state index in [0.717, 1.165) is 56.1 Å². The summed E-state index contributed by atoms with van der Waals surface area (Å²) in [4.78, 5) is 6.94. The smallest absolute Gasteiger partial charge is 0.189 e. The summed E-state index contributed by atoms with van der Waals surface area (Å²) < 4.78 is 11.1. The van der Waals surface area contributed by atoms with Crippen LogP contribution in [0.2, 0.25) is 0 Å². The molecule has 156 valence electrons. The highest BCUT2D eigenvalue weighted by molar-refractivity contribution is 14.0. The van der Waals surface area contributed by atoms with Gasteiger partial charge in [-0.25, -0.2) is 4.99 Å². The van der Waals surface area contributed by atoms with Gasteiger partial charge in [-0.15, -0.1) is 24.0 Å². The van der Waals surface area contributed by atoms with Gasteiger partial charge in [0.25, 0.3) is 0 Å². The normalized spacial score (nSPS) is 19.6. The number of para-hydroxylation sites is 1. The first-order valence-corrected chi connectivity index (χ1v) is 9.94. The summed E-state index contributed by atoms with van der Waals surface area (Å²) in [6, 6.07) is 16.9. The number of morpholine rings is 1. The number of ether oxygens (including phenoxy) is 2. The van der Waals surface area contributed by atoms with Crippen LogP contribution >= 0.6 is 24.0 Å². The second kappa shape index (κ2) is 10.8. The van der Waals surface area contributed by atoms with Crippen LogP contribution in [0.1, 0.15) is 29.2 Å². The topological polar surface area (TPSA) is 72.1 Å². The van der Waals surface area contributed by atoms with Crippen molar-refractivity contribution < 1.29 is 9.47 Å². The van der Waals surface area contributed by atoms with Gasteiger partial charge in [0.15, 0.2) is 5.96 Å². The zero-order valence-corrected chi connectivity index (χ0v) is 18.9. The molecule has 0 amide bonds. The predicted molar refractivity (Wildman–Crippen MR) is 126 cm³/mol. The highest BCUT2D eigenvalue weighted by Gasteiger charge is 2.21. The molecule has 2 heterocycles. The molecule has 0 saturated carbocycles. The van der Waals surface area contributed by atoms with Crippen LogP contribution in [-0.4, -0.2) is 43.8 Å². The Morgan fingerprint density at radius 1 is 1.03 bits per heavy atom. The van der Waals surface area contributed by atoms with Crippen LogP contribution in [0.3, 0.4) is 0 Å². The summed E-state index contributed by atoms with van der Waals surface area (Å²) in [6.45, 7) is 5.90. The van der Waals surface area contributed by atoms with Crippen molar-refractivity contribution in [2.24, 2.45) is 10.7 Å². The van der Waals surface area contributed by atoms with Crippen LogP contribution in [0.15, 0.2) is 53.5 Å². The molecule has 0 bridgehead atoms. The van der Waals surface area contributed by atoms with E-state index in [9.17, 15) is 0 Å². The van der Waals surface area contributed by atoms with Gasteiger partial charge in [0, 0.05) is 31.6 Å². The first kappa shape index (κ1) is 21.9. The van der Waals surface area contributed by atoms with Crippen molar-refractivity contribution in [3.8, 4) is 5.75 Å². The molecule has 1 atom stereocenters. The van der Waals surface area contributed by atoms with Crippen molar-refractivity contribution in [3.63, 3.8) is 0 Å². The van der Waals surface area contributed by atoms with Gasteiger partial charge < -0.3 is 20.5 Å². The summed E-state index contributed by atoms with van der Waals surface area (Å²) in [7, 11) is 0. The van der Waals surface area contributed by atoms with Gasteiger partial charge in [-0.05, 0) is 17.2 Å². The number of nitrogens with one attached hydrogen (secondary N) is 1. The van der Waals surface area contributed by atoms with Crippen LogP contribution in [0, 0.1) is 0 Å². The van der Waals surface area contributed by atoms with Crippen LogP contribution in [0.5, 0.6) is 5.75 Å². The molecular formula is C22H29IN4O2. The number of hydrogen-bond donors (Lipinski definition) is 2. The third-order valence-corrected chi connectivity index (χ3v) is 5.25. The third kappa shape index (κ3) is 6.07. The monoisotopic (exact) mass is 508 g/mol. The Hall–Kier alpha value is -1.84. The van der Waals surface area contributed by atoms with Crippen molar-refractivity contribution in [3.05, 3.63) is 65.2 Å². The van der Waals surface area contributed by atoms with Crippen LogP contribution in [0.25, 0.3) is 0 Å². The van der Waals surface area contributed by atoms with E-state index < -0.39 is 0 Å². The molecule has 0 spiro atoms. The quantitative estimate of drug-likeness (QED) is 0.369. The van der Waals surface area contributed by atoms with Gasteiger partial charge >= 0.3 is 0 Å². The van der Waals surface area contributed by atoms with Crippen molar-refractivity contribution >= 4 is 29.9 Å². The van der Waals surface area contributed by atoms with Gasteiger partial charge in [0.1, 0.15) is 5.75 Å². The molecule has 7 heteroatoms. The molecule has 1 saturated heterocycles. The molecule has 1 unspecified atom stereocenters. The Kier molecular flexibility index (Phi) is 8.14. The number of nitrogens with zero attached hydrogens (tertiary/aromatic N) is 2. The number of benzene rings is 2. The van der Waals surface area contributed by atoms with Crippen LogP contribution in [0.4, 0.5) is 0 Å². The van der Waals surface area contributed by atoms with E-state index in [0.29, 0.717) is 19.1 Å². The molecule has 0 aromatic heterocycles. The maximum absolute atomic E-state index is 6.14. The van der Waals surface area contributed by atoms with Crippen molar-refractivity contribution in [1.29, 1.82) is 0 Å². The zero-order chi connectivity index (χ0) is 19.2. The third-order valence-electron chi connectivity index (χ3n) is 5.25. The highest BCUT2D eigenvalue weighted by atomic mass is 127. The van der Waals surface area contributed by atoms with Gasteiger partial charge in [0.2, 0.25) is 0 Å². The Morgan fingerprint density at radius 3 is 2.55 bits per heavy atom. The fourth-order valence-electron chi connectivity index (χ4n) is 3.66. The molecule has 2 aliphatic rings. The molecule has 2 aromatic carbocycles. The fourth-order valence-corrected chi connectivity index (χ4v) is 3.66. The van der Waals surface area contributed by atoms with Crippen LogP contribution in [-0.2, 0) is 17.8 Å². The number of rotatable bonds is 5. The van der Waals surface area contributed by atoms with Gasteiger partial charge in [-0.3, -0.25) is 4.90 Å². The average molecular weight is 508 g/mol. The number of halogens is 1. The predicted octanol–water partition coefficient (Wildman–Crippen LogP) is 3.06. The molecule has 3 N–H and O–H groups in total. The number of aliphatic imine (C=N–C) groups is 1. The van der Waals surface area contributed by atoms with Crippen molar-refractivity contribution in [1.82, 2.24) is 10.2 Å². The first-order valence-electron chi connectivity index (χ1n) is 9.94. The number of hydrogen-bond acceptors (Lipinski definition) is 4. The second-order valence-corrected chi connectivity index (χ2v) is 7.28. The summed E-state index contributed by atoms with van der Waals surface area (Å²) >= 11 is 0. The Labute approximate surface area is 189 Å². The first-order chi connectivity index (χ1) is 13.8. The Morgan fingerprint density at radius 2 is 1.76 bits per heavy atom. The number of fused-ring (bicyclic) bond motifs is 1. The van der Waals surface area contributed by atoms with E-state index in [4.69, 9.17) is 15.2 Å². The number of guanidine groups is 1. The number of nitrogens with two attached hydrogens (primary N) is 1. The maximum atomic E-state index is 6.14. The van der Waals surface area contributed by atoms with Gasteiger partial charge in [0.05, 0.1) is 32.4 Å². The van der Waals surface area contributed by atoms with E-state index in [1.54, 1.807) is 0 Å². The lowest BCUT2D eigenvalue weighted by Crippen LogP contribution is -2.37. The summed E-state index contributed by atoms with van der Waals surface area (Å²) in [5.74, 6) is 1.40. The molecule has 1 fully saturated rings. The minimum absolute atomic E-state index is 0. The largest absolute Gasteiger partial charge is 0.493 e. The van der Waals surface area contributed by atoms with E-state index in [2.05, 4.69) is 45.5 Å². The highest BCUT2D eigenvalue weighted by Crippen LogP contribution is 2.31. The van der Waals surface area contributed by atoms with Crippen molar-refractivity contribution in [2.45, 2.75) is 25.6 Å². The summed E-state index contributed by atoms with van der Waals surface area (Å²) in [5.41, 5.74) is 9.76. The maximum Gasteiger partial charge on any atom is 0.189 e. The second-order valence-electron chi connectivity index (χ2n) is 7.28. The lowest BCUT2D eigenvalue weighted by Gasteiger charge is -2.27. The molecule has 0 radical (unpaired) electrons. The molecular weight excluding hydrogens is 479 g/mol. The Balaban J connectivity index is 0.00000240. The van der Waals surface area contributed by atoms with E-state index in [1.807, 2.05) is 18.2 Å². The molecule has 0 aliphatic carbocycles. The van der Waals surface area contributed by atoms with Gasteiger partial charge in [-0.1, -0.05) is 42.5 Å². The molecule has 29 heavy (non-hydrogen) atoms. The van der Waals surface area contributed by atoms with Gasteiger partial charge in [-0.2, -0.15) is 0 Å². The zero-order valence-electron chi connectivity index (χ0n) is 16.5. The SMILES string of the molecule is I.NC(=NCc1ccc(CN2CCOCC2)cc1)NC1CCOc2ccccc21. The fraction of sp³-hybridized carbons (Fsp3) is 0.409. The lowest BCUT2D eigenvalue weighted by molar-refractivity contribution is 0.0342. The van der Waals surface area contributed by atoms with Crippen LogP contribution < -0.4 is 15.8 Å². The molecule has 4 rings (SSSR count).